The van der Waals surface area contributed by atoms with E-state index in [0.717, 1.165) is 12.1 Å². The molecular weight excluding hydrogens is 229 g/mol. The lowest BCUT2D eigenvalue weighted by Crippen LogP contribution is -2.07. The Morgan fingerprint density at radius 3 is 2.82 bits per heavy atom. The molecule has 5 heteroatoms. The molecule has 1 aromatic rings. The third-order valence-corrected chi connectivity index (χ3v) is 1.94. The third-order valence-electron chi connectivity index (χ3n) is 1.94. The fraction of sp³-hybridized carbons (Fsp3) is 0.250. The van der Waals surface area contributed by atoms with Crippen molar-refractivity contribution in [2.24, 2.45) is 5.10 Å². The van der Waals surface area contributed by atoms with Gasteiger partial charge in [-0.15, -0.1) is 6.42 Å². The highest BCUT2D eigenvalue weighted by Gasteiger charge is 2.30. The normalized spacial score (nSPS) is 11.4. The van der Waals surface area contributed by atoms with E-state index in [1.54, 1.807) is 6.07 Å². The summed E-state index contributed by atoms with van der Waals surface area (Å²) in [4.78, 5) is 0. The first-order valence-corrected chi connectivity index (χ1v) is 4.88. The first-order chi connectivity index (χ1) is 8.04. The molecule has 0 heterocycles. The van der Waals surface area contributed by atoms with Gasteiger partial charge in [0.2, 0.25) is 0 Å². The number of terminal acetylenes is 1. The molecule has 0 spiro atoms. The van der Waals surface area contributed by atoms with E-state index in [1.165, 1.54) is 12.3 Å². The highest BCUT2D eigenvalue weighted by Crippen LogP contribution is 2.29. The average Bonchev–Trinajstić information content (AvgIpc) is 2.28. The Morgan fingerprint density at radius 2 is 2.18 bits per heavy atom. The number of nitrogens with zero attached hydrogens (tertiary/aromatic N) is 1. The largest absolute Gasteiger partial charge is 0.416 e. The monoisotopic (exact) mass is 240 g/mol. The van der Waals surface area contributed by atoms with Gasteiger partial charge in [-0.1, -0.05) is 24.1 Å². The molecule has 1 aromatic carbocycles. The molecule has 0 amide bonds. The van der Waals surface area contributed by atoms with Crippen molar-refractivity contribution in [1.82, 2.24) is 5.43 Å². The summed E-state index contributed by atoms with van der Waals surface area (Å²) in [5, 5.41) is 3.75. The number of hydrogen-bond acceptors (Lipinski definition) is 2. The summed E-state index contributed by atoms with van der Waals surface area (Å²) in [5.74, 6) is 2.32. The zero-order valence-corrected chi connectivity index (χ0v) is 8.96. The number of rotatable bonds is 4. The number of hydrazone groups is 1. The van der Waals surface area contributed by atoms with Gasteiger partial charge in [-0.3, -0.25) is 5.43 Å². The van der Waals surface area contributed by atoms with E-state index < -0.39 is 11.7 Å². The molecule has 0 aliphatic carbocycles. The molecule has 1 rings (SSSR count). The number of nitrogens with one attached hydrogen (secondary N) is 1. The molecule has 0 bridgehead atoms. The Bertz CT molecular complexity index is 430. The quantitative estimate of drug-likeness (QED) is 0.372. The SMILES string of the molecule is C#CCN/N=C/Cc1cccc(C(F)(F)F)c1. The van der Waals surface area contributed by atoms with Gasteiger partial charge < -0.3 is 0 Å². The molecule has 2 nitrogen and oxygen atoms in total. The Hall–Kier alpha value is -1.96. The van der Waals surface area contributed by atoms with Gasteiger partial charge in [-0.05, 0) is 11.6 Å². The fourth-order valence-corrected chi connectivity index (χ4v) is 1.18. The summed E-state index contributed by atoms with van der Waals surface area (Å²) in [6.45, 7) is 0.291. The van der Waals surface area contributed by atoms with Gasteiger partial charge in [0.25, 0.3) is 0 Å². The molecule has 0 fully saturated rings. The van der Waals surface area contributed by atoms with Crippen LogP contribution in [0.2, 0.25) is 0 Å². The lowest BCUT2D eigenvalue weighted by molar-refractivity contribution is -0.137. The van der Waals surface area contributed by atoms with E-state index in [1.807, 2.05) is 0 Å². The topological polar surface area (TPSA) is 24.4 Å². The van der Waals surface area contributed by atoms with Crippen molar-refractivity contribution < 1.29 is 13.2 Å². The average molecular weight is 240 g/mol. The molecule has 0 atom stereocenters. The van der Waals surface area contributed by atoms with Crippen LogP contribution < -0.4 is 5.43 Å². The first-order valence-electron chi connectivity index (χ1n) is 4.88. The highest BCUT2D eigenvalue weighted by atomic mass is 19.4. The van der Waals surface area contributed by atoms with Crippen LogP contribution in [0.5, 0.6) is 0 Å². The minimum Gasteiger partial charge on any atom is -0.298 e. The number of halogens is 3. The number of benzene rings is 1. The fourth-order valence-electron chi connectivity index (χ4n) is 1.18. The van der Waals surface area contributed by atoms with Gasteiger partial charge in [0, 0.05) is 12.6 Å². The van der Waals surface area contributed by atoms with Crippen LogP contribution >= 0.6 is 0 Å². The van der Waals surface area contributed by atoms with Crippen molar-refractivity contribution in [3.8, 4) is 12.3 Å². The lowest BCUT2D eigenvalue weighted by Gasteiger charge is -2.07. The molecule has 90 valence electrons. The summed E-state index contributed by atoms with van der Waals surface area (Å²) in [7, 11) is 0. The van der Waals surface area contributed by atoms with Crippen LogP contribution in [0.3, 0.4) is 0 Å². The van der Waals surface area contributed by atoms with Crippen LogP contribution in [0.4, 0.5) is 13.2 Å². The minimum atomic E-state index is -4.31. The minimum absolute atomic E-state index is 0.291. The third kappa shape index (κ3) is 4.60. The summed E-state index contributed by atoms with van der Waals surface area (Å²) in [5.41, 5.74) is 2.46. The summed E-state index contributed by atoms with van der Waals surface area (Å²) in [6, 6.07) is 5.13. The number of alkyl halides is 3. The van der Waals surface area contributed by atoms with Crippen molar-refractivity contribution in [2.45, 2.75) is 12.6 Å². The predicted molar refractivity (Wildman–Crippen MR) is 60.5 cm³/mol. The van der Waals surface area contributed by atoms with Gasteiger partial charge in [0.15, 0.2) is 0 Å². The summed E-state index contributed by atoms with van der Waals surface area (Å²) < 4.78 is 37.2. The highest BCUT2D eigenvalue weighted by molar-refractivity contribution is 5.61. The Morgan fingerprint density at radius 1 is 1.41 bits per heavy atom. The maximum absolute atomic E-state index is 12.4. The van der Waals surface area contributed by atoms with Crippen molar-refractivity contribution in [2.75, 3.05) is 6.54 Å². The van der Waals surface area contributed by atoms with E-state index in [2.05, 4.69) is 16.4 Å². The molecule has 0 saturated heterocycles. The predicted octanol–water partition coefficient (Wildman–Crippen LogP) is 2.46. The maximum atomic E-state index is 12.4. The van der Waals surface area contributed by atoms with Crippen LogP contribution in [0, 0.1) is 12.3 Å². The van der Waals surface area contributed by atoms with Crippen molar-refractivity contribution in [3.63, 3.8) is 0 Å². The molecule has 0 unspecified atom stereocenters. The van der Waals surface area contributed by atoms with Crippen LogP contribution in [-0.2, 0) is 12.6 Å². The summed E-state index contributed by atoms with van der Waals surface area (Å²) in [6.07, 6.45) is 2.47. The molecule has 0 aromatic heterocycles. The Balaban J connectivity index is 2.61. The van der Waals surface area contributed by atoms with Crippen LogP contribution in [0.1, 0.15) is 11.1 Å². The molecule has 1 N–H and O–H groups in total. The van der Waals surface area contributed by atoms with E-state index in [-0.39, 0.29) is 0 Å². The van der Waals surface area contributed by atoms with E-state index in [9.17, 15) is 13.2 Å². The zero-order valence-electron chi connectivity index (χ0n) is 8.96. The molecular formula is C12H11F3N2. The van der Waals surface area contributed by atoms with Crippen LogP contribution in [-0.4, -0.2) is 12.8 Å². The molecule has 0 aliphatic heterocycles. The standard InChI is InChI=1S/C12H11F3N2/c1-2-7-16-17-8-6-10-4-3-5-11(9-10)12(13,14)15/h1,3-5,8-9,16H,6-7H2/b17-8+. The van der Waals surface area contributed by atoms with E-state index >= 15 is 0 Å². The Kier molecular flexibility index (Phi) is 4.58. The van der Waals surface area contributed by atoms with Crippen LogP contribution in [0.25, 0.3) is 0 Å². The van der Waals surface area contributed by atoms with E-state index in [0.29, 0.717) is 18.5 Å². The van der Waals surface area contributed by atoms with Crippen molar-refractivity contribution in [3.05, 3.63) is 35.4 Å². The van der Waals surface area contributed by atoms with Gasteiger partial charge >= 0.3 is 6.18 Å². The molecule has 0 saturated carbocycles. The lowest BCUT2D eigenvalue weighted by atomic mass is 10.1. The summed E-state index contributed by atoms with van der Waals surface area (Å²) >= 11 is 0. The second-order valence-electron chi connectivity index (χ2n) is 3.25. The van der Waals surface area contributed by atoms with Gasteiger partial charge in [0.05, 0.1) is 12.1 Å². The zero-order chi connectivity index (χ0) is 12.7. The van der Waals surface area contributed by atoms with Gasteiger partial charge in [-0.25, -0.2) is 0 Å². The Labute approximate surface area is 97.5 Å². The van der Waals surface area contributed by atoms with Gasteiger partial charge in [-0.2, -0.15) is 18.3 Å². The van der Waals surface area contributed by atoms with Crippen LogP contribution in [0.15, 0.2) is 29.4 Å². The number of hydrogen-bond donors (Lipinski definition) is 1. The second kappa shape index (κ2) is 5.94. The maximum Gasteiger partial charge on any atom is 0.416 e. The molecule has 17 heavy (non-hydrogen) atoms. The smallest absolute Gasteiger partial charge is 0.298 e. The first kappa shape index (κ1) is 13.1. The van der Waals surface area contributed by atoms with E-state index in [4.69, 9.17) is 6.42 Å². The van der Waals surface area contributed by atoms with Crippen molar-refractivity contribution >= 4 is 6.21 Å². The van der Waals surface area contributed by atoms with Gasteiger partial charge in [0.1, 0.15) is 0 Å². The molecule has 0 radical (unpaired) electrons. The molecule has 0 aliphatic rings. The second-order valence-corrected chi connectivity index (χ2v) is 3.25. The van der Waals surface area contributed by atoms with Crippen molar-refractivity contribution in [1.29, 1.82) is 0 Å².